The Morgan fingerprint density at radius 3 is 2.00 bits per heavy atom. The molecule has 0 amide bonds. The lowest BCUT2D eigenvalue weighted by atomic mass is 10.1. The molecule has 0 aromatic carbocycles. The maximum atomic E-state index is 12.1. The van der Waals surface area contributed by atoms with Gasteiger partial charge in [0.1, 0.15) is 5.60 Å². The van der Waals surface area contributed by atoms with Crippen LogP contribution in [0.3, 0.4) is 0 Å². The number of aryl methyl sites for hydroxylation is 1. The Bertz CT molecular complexity index is 335. The minimum Gasteiger partial charge on any atom is -0.435 e. The van der Waals surface area contributed by atoms with Gasteiger partial charge in [-0.1, -0.05) is 0 Å². The van der Waals surface area contributed by atoms with Gasteiger partial charge in [-0.2, -0.15) is 13.2 Å². The lowest BCUT2D eigenvalue weighted by molar-refractivity contribution is -0.158. The highest BCUT2D eigenvalue weighted by Crippen LogP contribution is 2.33. The zero-order valence-corrected chi connectivity index (χ0v) is 7.94. The second kappa shape index (κ2) is 2.98. The Hall–Kier alpha value is -1.04. The maximum absolute atomic E-state index is 12.1. The Morgan fingerprint density at radius 1 is 1.29 bits per heavy atom. The molecule has 6 heteroatoms. The van der Waals surface area contributed by atoms with Gasteiger partial charge in [0, 0.05) is 0 Å². The fourth-order valence-electron chi connectivity index (χ4n) is 1.09. The van der Waals surface area contributed by atoms with Crippen LogP contribution in [0.4, 0.5) is 13.2 Å². The minimum atomic E-state index is -4.62. The summed E-state index contributed by atoms with van der Waals surface area (Å²) in [5.41, 5.74) is -1.41. The number of halogens is 3. The Balaban J connectivity index is 3.19. The van der Waals surface area contributed by atoms with Crippen molar-refractivity contribution >= 4 is 0 Å². The monoisotopic (exact) mass is 209 g/mol. The smallest absolute Gasteiger partial charge is 0.435 e. The van der Waals surface area contributed by atoms with E-state index in [9.17, 15) is 18.3 Å². The first-order valence-electron chi connectivity index (χ1n) is 3.90. The fraction of sp³-hybridized carbons (Fsp3) is 0.625. The third-order valence-corrected chi connectivity index (χ3v) is 1.59. The standard InChI is InChI=1S/C8H10F3NO2/c1-4-5(7(2,3)13)14-6(12-4)8(9,10)11/h13H,1-3H3. The number of nitrogens with zero attached hydrogens (tertiary/aromatic N) is 1. The average Bonchev–Trinajstić information content (AvgIpc) is 2.27. The van der Waals surface area contributed by atoms with Gasteiger partial charge in [-0.15, -0.1) is 0 Å². The number of hydrogen-bond donors (Lipinski definition) is 1. The number of aliphatic hydroxyl groups is 1. The first-order valence-corrected chi connectivity index (χ1v) is 3.90. The Labute approximate surface area is 78.6 Å². The molecule has 1 rings (SSSR count). The van der Waals surface area contributed by atoms with Crippen LogP contribution in [-0.2, 0) is 11.8 Å². The molecule has 0 radical (unpaired) electrons. The van der Waals surface area contributed by atoms with E-state index in [2.05, 4.69) is 9.40 Å². The van der Waals surface area contributed by atoms with E-state index in [0.717, 1.165) is 0 Å². The van der Waals surface area contributed by atoms with Gasteiger partial charge in [-0.05, 0) is 20.8 Å². The third kappa shape index (κ3) is 2.06. The third-order valence-electron chi connectivity index (χ3n) is 1.59. The van der Waals surface area contributed by atoms with Crippen molar-refractivity contribution in [1.82, 2.24) is 4.98 Å². The molecule has 0 aliphatic rings. The van der Waals surface area contributed by atoms with Gasteiger partial charge in [-0.25, -0.2) is 4.98 Å². The highest BCUT2D eigenvalue weighted by molar-refractivity contribution is 5.15. The van der Waals surface area contributed by atoms with E-state index in [-0.39, 0.29) is 11.5 Å². The molecule has 1 heterocycles. The van der Waals surface area contributed by atoms with Crippen LogP contribution >= 0.6 is 0 Å². The maximum Gasteiger partial charge on any atom is 0.468 e. The minimum absolute atomic E-state index is 0.0461. The summed E-state index contributed by atoms with van der Waals surface area (Å²) in [6, 6.07) is 0. The number of rotatable bonds is 1. The number of hydrogen-bond acceptors (Lipinski definition) is 3. The molecule has 3 nitrogen and oxygen atoms in total. The molecule has 0 saturated carbocycles. The lowest BCUT2D eigenvalue weighted by Gasteiger charge is -2.13. The summed E-state index contributed by atoms with van der Waals surface area (Å²) < 4.78 is 40.9. The summed E-state index contributed by atoms with van der Waals surface area (Å²) in [6.07, 6.45) is -4.62. The van der Waals surface area contributed by atoms with Gasteiger partial charge in [0.25, 0.3) is 0 Å². The number of aromatic nitrogens is 1. The molecule has 80 valence electrons. The molecular formula is C8H10F3NO2. The molecule has 0 atom stereocenters. The van der Waals surface area contributed by atoms with Crippen molar-refractivity contribution < 1.29 is 22.7 Å². The fourth-order valence-corrected chi connectivity index (χ4v) is 1.09. The summed E-state index contributed by atoms with van der Waals surface area (Å²) in [4.78, 5) is 3.20. The van der Waals surface area contributed by atoms with E-state index in [4.69, 9.17) is 0 Å². The van der Waals surface area contributed by atoms with Crippen LogP contribution in [0.1, 0.15) is 31.2 Å². The summed E-state index contributed by atoms with van der Waals surface area (Å²) in [5.74, 6) is -1.49. The summed E-state index contributed by atoms with van der Waals surface area (Å²) in [7, 11) is 0. The second-order valence-corrected chi connectivity index (χ2v) is 3.49. The van der Waals surface area contributed by atoms with Crippen LogP contribution in [0.5, 0.6) is 0 Å². The second-order valence-electron chi connectivity index (χ2n) is 3.49. The molecule has 1 aromatic rings. The molecule has 1 aromatic heterocycles. The highest BCUT2D eigenvalue weighted by Gasteiger charge is 2.39. The first kappa shape index (κ1) is 11.0. The zero-order valence-electron chi connectivity index (χ0n) is 7.94. The van der Waals surface area contributed by atoms with Crippen molar-refractivity contribution in [2.75, 3.05) is 0 Å². The van der Waals surface area contributed by atoms with Crippen LogP contribution < -0.4 is 0 Å². The molecule has 1 N–H and O–H groups in total. The predicted molar refractivity (Wildman–Crippen MR) is 41.5 cm³/mol. The van der Waals surface area contributed by atoms with Crippen molar-refractivity contribution in [1.29, 1.82) is 0 Å². The van der Waals surface area contributed by atoms with Gasteiger partial charge in [0.05, 0.1) is 5.69 Å². The van der Waals surface area contributed by atoms with Gasteiger partial charge >= 0.3 is 12.1 Å². The van der Waals surface area contributed by atoms with Crippen molar-refractivity contribution in [2.24, 2.45) is 0 Å². The van der Waals surface area contributed by atoms with Crippen LogP contribution in [0.25, 0.3) is 0 Å². The topological polar surface area (TPSA) is 46.3 Å². The van der Waals surface area contributed by atoms with Crippen molar-refractivity contribution in [2.45, 2.75) is 32.5 Å². The van der Waals surface area contributed by atoms with Crippen molar-refractivity contribution in [3.8, 4) is 0 Å². The summed E-state index contributed by atoms with van der Waals surface area (Å²) in [5, 5.41) is 9.45. The highest BCUT2D eigenvalue weighted by atomic mass is 19.4. The molecule has 0 aliphatic carbocycles. The van der Waals surface area contributed by atoms with Crippen molar-refractivity contribution in [3.05, 3.63) is 17.3 Å². The first-order chi connectivity index (χ1) is 6.12. The van der Waals surface area contributed by atoms with Crippen molar-refractivity contribution in [3.63, 3.8) is 0 Å². The Kier molecular flexibility index (Phi) is 2.35. The molecule has 0 aliphatic heterocycles. The van der Waals surface area contributed by atoms with E-state index < -0.39 is 17.7 Å². The summed E-state index contributed by atoms with van der Waals surface area (Å²) in [6.45, 7) is 4.02. The quantitative estimate of drug-likeness (QED) is 0.771. The average molecular weight is 209 g/mol. The van der Waals surface area contributed by atoms with E-state index in [1.165, 1.54) is 20.8 Å². The number of alkyl halides is 3. The SMILES string of the molecule is Cc1nc(C(F)(F)F)oc1C(C)(C)O. The van der Waals surface area contributed by atoms with Crippen LogP contribution in [-0.4, -0.2) is 10.1 Å². The molecule has 0 bridgehead atoms. The molecular weight excluding hydrogens is 199 g/mol. The van der Waals surface area contributed by atoms with Gasteiger partial charge in [-0.3, -0.25) is 0 Å². The van der Waals surface area contributed by atoms with Crippen LogP contribution in [0, 0.1) is 6.92 Å². The molecule has 0 fully saturated rings. The van der Waals surface area contributed by atoms with Gasteiger partial charge in [0.2, 0.25) is 0 Å². The van der Waals surface area contributed by atoms with Crippen LogP contribution in [0.2, 0.25) is 0 Å². The summed E-state index contributed by atoms with van der Waals surface area (Å²) >= 11 is 0. The van der Waals surface area contributed by atoms with E-state index in [1.807, 2.05) is 0 Å². The van der Waals surface area contributed by atoms with Gasteiger partial charge < -0.3 is 9.52 Å². The number of oxazole rings is 1. The zero-order chi connectivity index (χ0) is 11.1. The lowest BCUT2D eigenvalue weighted by Crippen LogP contribution is -2.15. The van der Waals surface area contributed by atoms with E-state index in [0.29, 0.717) is 0 Å². The van der Waals surface area contributed by atoms with Gasteiger partial charge in [0.15, 0.2) is 5.76 Å². The van der Waals surface area contributed by atoms with Crippen LogP contribution in [0.15, 0.2) is 4.42 Å². The largest absolute Gasteiger partial charge is 0.468 e. The van der Waals surface area contributed by atoms with E-state index >= 15 is 0 Å². The molecule has 0 unspecified atom stereocenters. The molecule has 0 spiro atoms. The van der Waals surface area contributed by atoms with E-state index in [1.54, 1.807) is 0 Å². The molecule has 14 heavy (non-hydrogen) atoms. The molecule has 0 saturated heterocycles. The predicted octanol–water partition coefficient (Wildman–Crippen LogP) is 2.23. The normalized spacial score (nSPS) is 13.4. The Morgan fingerprint density at radius 2 is 1.79 bits per heavy atom.